The van der Waals surface area contributed by atoms with E-state index in [4.69, 9.17) is 21.1 Å². The minimum absolute atomic E-state index is 0.0126. The summed E-state index contributed by atoms with van der Waals surface area (Å²) in [5, 5.41) is 14.2. The topological polar surface area (TPSA) is 87.1 Å². The molecule has 0 aliphatic carbocycles. The van der Waals surface area contributed by atoms with Crippen LogP contribution in [0, 0.1) is 11.3 Å². The van der Waals surface area contributed by atoms with Gasteiger partial charge < -0.3 is 19.8 Å². The van der Waals surface area contributed by atoms with E-state index in [-0.39, 0.29) is 12.2 Å². The highest BCUT2D eigenvalue weighted by Gasteiger charge is 2.14. The second kappa shape index (κ2) is 11.8. The number of hydrogen-bond donors (Lipinski definition) is 2. The van der Waals surface area contributed by atoms with Crippen LogP contribution in [0.3, 0.4) is 0 Å². The number of nitrogens with zero attached hydrogens (tertiary/aromatic N) is 1. The molecule has 0 bridgehead atoms. The number of halogens is 2. The number of amides is 1. The van der Waals surface area contributed by atoms with Gasteiger partial charge in [-0.05, 0) is 47.9 Å². The Morgan fingerprint density at radius 1 is 1.14 bits per heavy atom. The molecule has 1 amide bonds. The molecule has 0 spiro atoms. The lowest BCUT2D eigenvalue weighted by Gasteiger charge is -2.13. The summed E-state index contributed by atoms with van der Waals surface area (Å²) in [4.78, 5) is 15.9. The van der Waals surface area contributed by atoms with E-state index in [1.165, 1.54) is 13.2 Å². The second-order valence-corrected chi connectivity index (χ2v) is 9.20. The molecular formula is C28H23BrClN3O3. The summed E-state index contributed by atoms with van der Waals surface area (Å²) in [6.07, 6.45) is 4.10. The predicted molar refractivity (Wildman–Crippen MR) is 145 cm³/mol. The minimum Gasteiger partial charge on any atom is -0.493 e. The van der Waals surface area contributed by atoms with Gasteiger partial charge in [-0.15, -0.1) is 0 Å². The van der Waals surface area contributed by atoms with Gasteiger partial charge in [0.25, 0.3) is 5.91 Å². The number of rotatable bonds is 9. The van der Waals surface area contributed by atoms with E-state index in [1.807, 2.05) is 54.7 Å². The summed E-state index contributed by atoms with van der Waals surface area (Å²) < 4.78 is 12.1. The molecule has 0 saturated carbocycles. The summed E-state index contributed by atoms with van der Waals surface area (Å²) in [7, 11) is 1.53. The van der Waals surface area contributed by atoms with Crippen LogP contribution in [0.2, 0.25) is 5.02 Å². The van der Waals surface area contributed by atoms with Crippen molar-refractivity contribution in [3.05, 3.63) is 98.6 Å². The molecule has 4 aromatic rings. The highest BCUT2D eigenvalue weighted by molar-refractivity contribution is 9.10. The van der Waals surface area contributed by atoms with Crippen LogP contribution >= 0.6 is 27.5 Å². The minimum atomic E-state index is -0.442. The van der Waals surface area contributed by atoms with Gasteiger partial charge in [-0.1, -0.05) is 63.9 Å². The van der Waals surface area contributed by atoms with Crippen LogP contribution in [0.25, 0.3) is 17.0 Å². The number of aromatic nitrogens is 1. The molecule has 6 nitrogen and oxygen atoms in total. The molecule has 0 aliphatic rings. The van der Waals surface area contributed by atoms with Gasteiger partial charge >= 0.3 is 0 Å². The zero-order valence-electron chi connectivity index (χ0n) is 19.5. The summed E-state index contributed by atoms with van der Waals surface area (Å²) in [5.74, 6) is 0.527. The predicted octanol–water partition coefficient (Wildman–Crippen LogP) is 6.44. The molecule has 0 fully saturated rings. The number of ether oxygens (including phenoxy) is 2. The van der Waals surface area contributed by atoms with E-state index in [1.54, 1.807) is 18.2 Å². The summed E-state index contributed by atoms with van der Waals surface area (Å²) >= 11 is 9.73. The molecule has 8 heteroatoms. The fraction of sp³-hybridized carbons (Fsp3) is 0.143. The molecule has 0 atom stereocenters. The third-order valence-electron chi connectivity index (χ3n) is 5.64. The monoisotopic (exact) mass is 563 g/mol. The number of para-hydroxylation sites is 1. The molecule has 1 aromatic heterocycles. The largest absolute Gasteiger partial charge is 0.493 e. The van der Waals surface area contributed by atoms with Crippen LogP contribution < -0.4 is 14.8 Å². The number of nitrogens with one attached hydrogen (secondary N) is 2. The lowest BCUT2D eigenvalue weighted by Crippen LogP contribution is -2.26. The SMILES string of the molecule is COc1cc(/C=C(/C#N)C(=O)NCCc2c[nH]c3ccccc23)c(Br)cc1OCc1ccccc1Cl. The highest BCUT2D eigenvalue weighted by atomic mass is 79.9. The normalized spacial score (nSPS) is 11.2. The lowest BCUT2D eigenvalue weighted by atomic mass is 10.1. The molecule has 36 heavy (non-hydrogen) atoms. The standard InChI is InChI=1S/C28H23BrClN3O3/c1-35-26-13-20(23(29)14-27(26)36-17-19-6-2-4-8-24(19)30)12-21(15-31)28(34)32-11-10-18-16-33-25-9-5-3-7-22(18)25/h2-9,12-14,16,33H,10-11,17H2,1H3,(H,32,34)/b21-12-. The number of carbonyl (C=O) groups excluding carboxylic acids is 1. The number of H-pyrrole nitrogens is 1. The molecule has 0 unspecified atom stereocenters. The van der Waals surface area contributed by atoms with Gasteiger partial charge in [0.2, 0.25) is 0 Å². The van der Waals surface area contributed by atoms with Crippen molar-refractivity contribution in [1.82, 2.24) is 10.3 Å². The van der Waals surface area contributed by atoms with Crippen LogP contribution in [-0.4, -0.2) is 24.5 Å². The Balaban J connectivity index is 1.44. The fourth-order valence-corrected chi connectivity index (χ4v) is 4.38. The number of hydrogen-bond acceptors (Lipinski definition) is 4. The molecule has 2 N–H and O–H groups in total. The van der Waals surface area contributed by atoms with Crippen LogP contribution in [0.15, 0.2) is 76.9 Å². The van der Waals surface area contributed by atoms with Crippen molar-refractivity contribution >= 4 is 50.4 Å². The van der Waals surface area contributed by atoms with Crippen molar-refractivity contribution in [2.45, 2.75) is 13.0 Å². The Kier molecular flexibility index (Phi) is 8.32. The lowest BCUT2D eigenvalue weighted by molar-refractivity contribution is -0.117. The van der Waals surface area contributed by atoms with Crippen molar-refractivity contribution in [3.8, 4) is 17.6 Å². The third kappa shape index (κ3) is 5.91. The fourth-order valence-electron chi connectivity index (χ4n) is 3.75. The maximum Gasteiger partial charge on any atom is 0.261 e. The van der Waals surface area contributed by atoms with E-state index < -0.39 is 5.91 Å². The van der Waals surface area contributed by atoms with Crippen LogP contribution in [0.4, 0.5) is 0 Å². The Morgan fingerprint density at radius 3 is 2.69 bits per heavy atom. The van der Waals surface area contributed by atoms with Crippen molar-refractivity contribution in [2.75, 3.05) is 13.7 Å². The average molecular weight is 565 g/mol. The molecule has 0 radical (unpaired) electrons. The van der Waals surface area contributed by atoms with Gasteiger partial charge in [-0.3, -0.25) is 4.79 Å². The first kappa shape index (κ1) is 25.4. The first-order valence-corrected chi connectivity index (χ1v) is 12.4. The average Bonchev–Trinajstić information content (AvgIpc) is 3.30. The van der Waals surface area contributed by atoms with Gasteiger partial charge in [0, 0.05) is 38.7 Å². The van der Waals surface area contributed by atoms with Gasteiger partial charge in [0.15, 0.2) is 11.5 Å². The number of carbonyl (C=O) groups is 1. The Bertz CT molecular complexity index is 1470. The second-order valence-electron chi connectivity index (χ2n) is 7.94. The number of nitriles is 1. The van der Waals surface area contributed by atoms with E-state index in [9.17, 15) is 10.1 Å². The Morgan fingerprint density at radius 2 is 1.92 bits per heavy atom. The van der Waals surface area contributed by atoms with Crippen molar-refractivity contribution in [2.24, 2.45) is 0 Å². The van der Waals surface area contributed by atoms with Crippen molar-refractivity contribution in [1.29, 1.82) is 5.26 Å². The highest BCUT2D eigenvalue weighted by Crippen LogP contribution is 2.35. The Hall–Kier alpha value is -3.73. The molecular weight excluding hydrogens is 542 g/mol. The van der Waals surface area contributed by atoms with Gasteiger partial charge in [-0.25, -0.2) is 0 Å². The van der Waals surface area contributed by atoms with Gasteiger partial charge in [-0.2, -0.15) is 5.26 Å². The van der Waals surface area contributed by atoms with E-state index in [0.717, 1.165) is 22.0 Å². The van der Waals surface area contributed by atoms with Gasteiger partial charge in [0.05, 0.1) is 7.11 Å². The number of methoxy groups -OCH3 is 1. The number of fused-ring (bicyclic) bond motifs is 1. The number of aromatic amines is 1. The van der Waals surface area contributed by atoms with E-state index in [0.29, 0.717) is 39.5 Å². The maximum atomic E-state index is 12.7. The van der Waals surface area contributed by atoms with E-state index in [2.05, 4.69) is 26.2 Å². The van der Waals surface area contributed by atoms with Crippen LogP contribution in [0.1, 0.15) is 16.7 Å². The molecule has 1 heterocycles. The zero-order valence-corrected chi connectivity index (χ0v) is 21.8. The smallest absolute Gasteiger partial charge is 0.261 e. The van der Waals surface area contributed by atoms with Crippen LogP contribution in [0.5, 0.6) is 11.5 Å². The Labute approximate surface area is 222 Å². The maximum absolute atomic E-state index is 12.7. The summed E-state index contributed by atoms with van der Waals surface area (Å²) in [6.45, 7) is 0.666. The zero-order chi connectivity index (χ0) is 25.5. The molecule has 182 valence electrons. The molecule has 4 rings (SSSR count). The first-order chi connectivity index (χ1) is 17.5. The first-order valence-electron chi connectivity index (χ1n) is 11.2. The summed E-state index contributed by atoms with van der Waals surface area (Å²) in [5.41, 5.74) is 3.60. The molecule has 0 aliphatic heterocycles. The molecule has 3 aromatic carbocycles. The van der Waals surface area contributed by atoms with E-state index >= 15 is 0 Å². The third-order valence-corrected chi connectivity index (χ3v) is 6.70. The number of benzene rings is 3. The quantitative estimate of drug-likeness (QED) is 0.181. The summed E-state index contributed by atoms with van der Waals surface area (Å²) in [6, 6.07) is 20.9. The van der Waals surface area contributed by atoms with Crippen LogP contribution in [-0.2, 0) is 17.8 Å². The van der Waals surface area contributed by atoms with Crippen molar-refractivity contribution in [3.63, 3.8) is 0 Å². The van der Waals surface area contributed by atoms with Gasteiger partial charge in [0.1, 0.15) is 18.2 Å². The van der Waals surface area contributed by atoms with Crippen molar-refractivity contribution < 1.29 is 14.3 Å². The molecule has 0 saturated heterocycles.